The van der Waals surface area contributed by atoms with Gasteiger partial charge in [0.1, 0.15) is 0 Å². The molecule has 1 aromatic heterocycles. The number of para-hydroxylation sites is 1. The number of ether oxygens (including phenoxy) is 1. The number of esters is 1. The standard InChI is InChI=1S/C16H14BrNO3S/c1-11-4-2-3-5-13(11)18-15(19)10-21-16(20)9-7-12-6-8-14(17)22-12/h2-9H,10H2,1H3,(H,18,19)/b9-7+. The lowest BCUT2D eigenvalue weighted by molar-refractivity contribution is -0.142. The second-order valence-corrected chi connectivity index (χ2v) is 6.94. The monoisotopic (exact) mass is 379 g/mol. The van der Waals surface area contributed by atoms with Crippen LogP contribution in [0.5, 0.6) is 0 Å². The van der Waals surface area contributed by atoms with E-state index in [9.17, 15) is 9.59 Å². The molecular weight excluding hydrogens is 366 g/mol. The molecule has 2 aromatic rings. The van der Waals surface area contributed by atoms with Crippen molar-refractivity contribution in [1.29, 1.82) is 0 Å². The average molecular weight is 380 g/mol. The number of nitrogens with one attached hydrogen (secondary N) is 1. The maximum absolute atomic E-state index is 11.7. The predicted molar refractivity (Wildman–Crippen MR) is 91.8 cm³/mol. The molecule has 0 fully saturated rings. The van der Waals surface area contributed by atoms with Gasteiger partial charge in [0.15, 0.2) is 6.61 Å². The first kappa shape index (κ1) is 16.5. The lowest BCUT2D eigenvalue weighted by Gasteiger charge is -2.07. The SMILES string of the molecule is Cc1ccccc1NC(=O)COC(=O)/C=C/c1ccc(Br)s1. The number of halogens is 1. The van der Waals surface area contributed by atoms with Crippen molar-refractivity contribution in [2.24, 2.45) is 0 Å². The van der Waals surface area contributed by atoms with Gasteiger partial charge in [-0.2, -0.15) is 0 Å². The molecule has 0 radical (unpaired) electrons. The lowest BCUT2D eigenvalue weighted by Crippen LogP contribution is -2.20. The molecule has 0 aliphatic heterocycles. The van der Waals surface area contributed by atoms with E-state index in [-0.39, 0.29) is 12.5 Å². The number of aryl methyl sites for hydroxylation is 1. The van der Waals surface area contributed by atoms with E-state index in [1.54, 1.807) is 12.1 Å². The van der Waals surface area contributed by atoms with Gasteiger partial charge in [0.2, 0.25) is 0 Å². The molecule has 0 saturated heterocycles. The van der Waals surface area contributed by atoms with Gasteiger partial charge in [0, 0.05) is 16.6 Å². The summed E-state index contributed by atoms with van der Waals surface area (Å²) in [4.78, 5) is 24.2. The Kier molecular flexibility index (Phi) is 5.91. The van der Waals surface area contributed by atoms with Crippen molar-refractivity contribution in [1.82, 2.24) is 0 Å². The van der Waals surface area contributed by atoms with Crippen LogP contribution in [0.3, 0.4) is 0 Å². The van der Waals surface area contributed by atoms with Crippen LogP contribution in [0.15, 0.2) is 46.3 Å². The van der Waals surface area contributed by atoms with E-state index in [4.69, 9.17) is 4.74 Å². The number of carbonyl (C=O) groups excluding carboxylic acids is 2. The fourth-order valence-corrected chi connectivity index (χ4v) is 2.98. The van der Waals surface area contributed by atoms with Crippen LogP contribution >= 0.6 is 27.3 Å². The van der Waals surface area contributed by atoms with Crippen molar-refractivity contribution in [3.05, 3.63) is 56.7 Å². The molecule has 0 aliphatic rings. The van der Waals surface area contributed by atoms with E-state index in [0.29, 0.717) is 5.69 Å². The van der Waals surface area contributed by atoms with Gasteiger partial charge in [0.25, 0.3) is 5.91 Å². The highest BCUT2D eigenvalue weighted by molar-refractivity contribution is 9.11. The summed E-state index contributed by atoms with van der Waals surface area (Å²) in [5.74, 6) is -0.917. The van der Waals surface area contributed by atoms with E-state index in [1.807, 2.05) is 37.3 Å². The van der Waals surface area contributed by atoms with E-state index in [2.05, 4.69) is 21.2 Å². The number of amides is 1. The molecule has 0 aliphatic carbocycles. The number of hydrogen-bond acceptors (Lipinski definition) is 4. The second kappa shape index (κ2) is 7.91. The number of rotatable bonds is 5. The number of benzene rings is 1. The first-order chi connectivity index (χ1) is 10.5. The van der Waals surface area contributed by atoms with Crippen LogP contribution in [0.4, 0.5) is 5.69 Å². The van der Waals surface area contributed by atoms with Gasteiger partial charge in [0.05, 0.1) is 3.79 Å². The molecule has 4 nitrogen and oxygen atoms in total. The van der Waals surface area contributed by atoms with Gasteiger partial charge < -0.3 is 10.1 Å². The van der Waals surface area contributed by atoms with Crippen molar-refractivity contribution in [3.8, 4) is 0 Å². The average Bonchev–Trinajstić information content (AvgIpc) is 2.91. The molecule has 1 heterocycles. The highest BCUT2D eigenvalue weighted by Crippen LogP contribution is 2.22. The maximum atomic E-state index is 11.7. The van der Waals surface area contributed by atoms with Gasteiger partial charge in [-0.05, 0) is 52.7 Å². The summed E-state index contributed by atoms with van der Waals surface area (Å²) in [7, 11) is 0. The van der Waals surface area contributed by atoms with Crippen molar-refractivity contribution in [2.75, 3.05) is 11.9 Å². The molecule has 0 saturated carbocycles. The molecular formula is C16H14BrNO3S. The van der Waals surface area contributed by atoms with Crippen molar-refractivity contribution < 1.29 is 14.3 Å². The largest absolute Gasteiger partial charge is 0.452 e. The summed E-state index contributed by atoms with van der Waals surface area (Å²) >= 11 is 4.84. The van der Waals surface area contributed by atoms with Gasteiger partial charge in [-0.3, -0.25) is 4.79 Å². The van der Waals surface area contributed by atoms with Crippen molar-refractivity contribution >= 4 is 50.9 Å². The predicted octanol–water partition coefficient (Wildman–Crippen LogP) is 4.01. The number of hydrogen-bond donors (Lipinski definition) is 1. The first-order valence-electron chi connectivity index (χ1n) is 6.50. The van der Waals surface area contributed by atoms with Crippen molar-refractivity contribution in [2.45, 2.75) is 6.92 Å². The molecule has 1 amide bonds. The number of carbonyl (C=O) groups is 2. The summed E-state index contributed by atoms with van der Waals surface area (Å²) < 4.78 is 5.88. The summed E-state index contributed by atoms with van der Waals surface area (Å²) in [5.41, 5.74) is 1.66. The third kappa shape index (κ3) is 5.13. The van der Waals surface area contributed by atoms with Crippen LogP contribution < -0.4 is 5.32 Å². The molecule has 0 spiro atoms. The highest BCUT2D eigenvalue weighted by atomic mass is 79.9. The topological polar surface area (TPSA) is 55.4 Å². The normalized spacial score (nSPS) is 10.6. The zero-order chi connectivity index (χ0) is 15.9. The quantitative estimate of drug-likeness (QED) is 0.630. The zero-order valence-electron chi connectivity index (χ0n) is 11.8. The Balaban J connectivity index is 1.80. The van der Waals surface area contributed by atoms with Crippen LogP contribution in [0.25, 0.3) is 6.08 Å². The van der Waals surface area contributed by atoms with Crippen molar-refractivity contribution in [3.63, 3.8) is 0 Å². The minimum absolute atomic E-state index is 0.314. The molecule has 0 bridgehead atoms. The lowest BCUT2D eigenvalue weighted by atomic mass is 10.2. The third-order valence-electron chi connectivity index (χ3n) is 2.74. The highest BCUT2D eigenvalue weighted by Gasteiger charge is 2.07. The summed E-state index contributed by atoms with van der Waals surface area (Å²) in [6.07, 6.45) is 2.95. The molecule has 1 aromatic carbocycles. The van der Waals surface area contributed by atoms with Crippen LogP contribution in [0, 0.1) is 6.92 Å². The fraction of sp³-hybridized carbons (Fsp3) is 0.125. The van der Waals surface area contributed by atoms with Gasteiger partial charge in [-0.25, -0.2) is 4.79 Å². The second-order valence-electron chi connectivity index (χ2n) is 4.45. The molecule has 6 heteroatoms. The Bertz CT molecular complexity index is 709. The minimum atomic E-state index is -0.551. The Morgan fingerprint density at radius 2 is 2.05 bits per heavy atom. The Hall–Kier alpha value is -1.92. The van der Waals surface area contributed by atoms with E-state index in [0.717, 1.165) is 14.2 Å². The molecule has 22 heavy (non-hydrogen) atoms. The Morgan fingerprint density at radius 1 is 1.27 bits per heavy atom. The molecule has 0 atom stereocenters. The van der Waals surface area contributed by atoms with E-state index >= 15 is 0 Å². The number of thiophene rings is 1. The first-order valence-corrected chi connectivity index (χ1v) is 8.11. The molecule has 0 unspecified atom stereocenters. The van der Waals surface area contributed by atoms with Crippen LogP contribution in [-0.2, 0) is 14.3 Å². The maximum Gasteiger partial charge on any atom is 0.331 e. The molecule has 1 N–H and O–H groups in total. The zero-order valence-corrected chi connectivity index (χ0v) is 14.2. The smallest absolute Gasteiger partial charge is 0.331 e. The van der Waals surface area contributed by atoms with Crippen LogP contribution in [0.2, 0.25) is 0 Å². The molecule has 2 rings (SSSR count). The Morgan fingerprint density at radius 3 is 2.73 bits per heavy atom. The van der Waals surface area contributed by atoms with Gasteiger partial charge >= 0.3 is 5.97 Å². The van der Waals surface area contributed by atoms with E-state index in [1.165, 1.54) is 17.4 Å². The van der Waals surface area contributed by atoms with E-state index < -0.39 is 5.97 Å². The summed E-state index contributed by atoms with van der Waals surface area (Å²) in [6, 6.07) is 11.2. The summed E-state index contributed by atoms with van der Waals surface area (Å²) in [5, 5.41) is 2.70. The summed E-state index contributed by atoms with van der Waals surface area (Å²) in [6.45, 7) is 1.58. The van der Waals surface area contributed by atoms with Gasteiger partial charge in [-0.15, -0.1) is 11.3 Å². The van der Waals surface area contributed by atoms with Crippen LogP contribution in [0.1, 0.15) is 10.4 Å². The Labute approximate surface area is 140 Å². The van der Waals surface area contributed by atoms with Crippen LogP contribution in [-0.4, -0.2) is 18.5 Å². The number of anilines is 1. The van der Waals surface area contributed by atoms with Gasteiger partial charge in [-0.1, -0.05) is 18.2 Å². The third-order valence-corrected chi connectivity index (χ3v) is 4.33. The minimum Gasteiger partial charge on any atom is -0.452 e. The fourth-order valence-electron chi connectivity index (χ4n) is 1.65. The molecule has 114 valence electrons.